The molecule has 0 aromatic carbocycles. The quantitative estimate of drug-likeness (QED) is 0.480. The zero-order valence-corrected chi connectivity index (χ0v) is 14.5. The van der Waals surface area contributed by atoms with E-state index in [1.165, 1.54) is 10.8 Å². The highest BCUT2D eigenvalue weighted by atomic mass is 16.5. The van der Waals surface area contributed by atoms with Gasteiger partial charge in [0, 0.05) is 25.3 Å². The first-order chi connectivity index (χ1) is 12.1. The molecular formula is C16H27N3O6. The van der Waals surface area contributed by atoms with Gasteiger partial charge in [-0.05, 0) is 6.42 Å². The third kappa shape index (κ3) is 5.48. The summed E-state index contributed by atoms with van der Waals surface area (Å²) in [6.45, 7) is 3.44. The fourth-order valence-electron chi connectivity index (χ4n) is 2.59. The second-order valence-corrected chi connectivity index (χ2v) is 6.05. The summed E-state index contributed by atoms with van der Waals surface area (Å²) in [5.74, 6) is 0. The molecule has 0 aliphatic carbocycles. The molecule has 142 valence electrons. The highest BCUT2D eigenvalue weighted by Crippen LogP contribution is 2.25. The molecule has 2 heterocycles. The molecule has 1 aromatic heterocycles. The summed E-state index contributed by atoms with van der Waals surface area (Å²) in [7, 11) is 0. The van der Waals surface area contributed by atoms with Gasteiger partial charge in [0.25, 0.3) is 5.56 Å². The third-order valence-electron chi connectivity index (χ3n) is 4.09. The Kier molecular flexibility index (Phi) is 7.79. The highest BCUT2D eigenvalue weighted by Gasteiger charge is 2.34. The van der Waals surface area contributed by atoms with Gasteiger partial charge < -0.3 is 25.1 Å². The van der Waals surface area contributed by atoms with Crippen molar-refractivity contribution in [1.29, 1.82) is 0 Å². The van der Waals surface area contributed by atoms with Crippen molar-refractivity contribution >= 4 is 0 Å². The number of H-pyrrole nitrogens is 1. The predicted octanol–water partition coefficient (Wildman–Crippen LogP) is -0.523. The fourth-order valence-corrected chi connectivity index (χ4v) is 2.59. The predicted molar refractivity (Wildman–Crippen MR) is 90.3 cm³/mol. The van der Waals surface area contributed by atoms with E-state index in [1.807, 2.05) is 0 Å². The minimum atomic E-state index is -0.618. The molecule has 9 heteroatoms. The largest absolute Gasteiger partial charge is 0.394 e. The van der Waals surface area contributed by atoms with Crippen LogP contribution in [0.15, 0.2) is 15.8 Å². The average molecular weight is 357 g/mol. The molecule has 0 bridgehead atoms. The Morgan fingerprint density at radius 2 is 2.12 bits per heavy atom. The number of aliphatic hydroxyl groups excluding tert-OH is 1. The number of rotatable bonds is 10. The summed E-state index contributed by atoms with van der Waals surface area (Å²) in [5, 5.41) is 9.21. The van der Waals surface area contributed by atoms with E-state index in [1.54, 1.807) is 0 Å². The van der Waals surface area contributed by atoms with Gasteiger partial charge in [0.05, 0.1) is 38.1 Å². The first kappa shape index (κ1) is 19.8. The van der Waals surface area contributed by atoms with Crippen LogP contribution < -0.4 is 17.0 Å². The molecule has 4 N–H and O–H groups in total. The summed E-state index contributed by atoms with van der Waals surface area (Å²) in [6.07, 6.45) is 2.74. The van der Waals surface area contributed by atoms with Crippen LogP contribution in [0, 0.1) is 0 Å². The number of hydrogen-bond donors (Lipinski definition) is 3. The minimum Gasteiger partial charge on any atom is -0.394 e. The summed E-state index contributed by atoms with van der Waals surface area (Å²) < 4.78 is 17.7. The molecular weight excluding hydrogens is 330 g/mol. The number of aromatic amines is 1. The Balaban J connectivity index is 1.94. The van der Waals surface area contributed by atoms with E-state index in [9.17, 15) is 14.7 Å². The van der Waals surface area contributed by atoms with Gasteiger partial charge in [-0.2, -0.15) is 0 Å². The highest BCUT2D eigenvalue weighted by molar-refractivity contribution is 5.04. The molecule has 1 saturated heterocycles. The van der Waals surface area contributed by atoms with E-state index >= 15 is 0 Å². The maximum Gasteiger partial charge on any atom is 0.330 e. The van der Waals surface area contributed by atoms with Crippen LogP contribution in [0.3, 0.4) is 0 Å². The summed E-state index contributed by atoms with van der Waals surface area (Å²) in [5.41, 5.74) is 5.12. The van der Waals surface area contributed by atoms with E-state index in [4.69, 9.17) is 19.9 Å². The van der Waals surface area contributed by atoms with E-state index in [0.717, 1.165) is 12.8 Å². The van der Waals surface area contributed by atoms with Gasteiger partial charge in [0.15, 0.2) is 0 Å². The topological polar surface area (TPSA) is 129 Å². The number of nitrogens with two attached hydrogens (primary N) is 1. The van der Waals surface area contributed by atoms with E-state index in [2.05, 4.69) is 11.9 Å². The molecule has 1 aliphatic heterocycles. The summed E-state index contributed by atoms with van der Waals surface area (Å²) in [4.78, 5) is 26.2. The zero-order valence-electron chi connectivity index (χ0n) is 14.5. The van der Waals surface area contributed by atoms with E-state index < -0.39 is 23.6 Å². The smallest absolute Gasteiger partial charge is 0.330 e. The molecule has 0 amide bonds. The first-order valence-corrected chi connectivity index (χ1v) is 8.58. The van der Waals surface area contributed by atoms with Crippen molar-refractivity contribution in [2.75, 3.05) is 26.4 Å². The molecule has 1 aliphatic rings. The molecule has 1 aromatic rings. The van der Waals surface area contributed by atoms with Crippen molar-refractivity contribution < 1.29 is 19.3 Å². The van der Waals surface area contributed by atoms with Crippen LogP contribution in [-0.2, 0) is 20.8 Å². The van der Waals surface area contributed by atoms with Crippen molar-refractivity contribution in [2.45, 2.75) is 51.2 Å². The lowest BCUT2D eigenvalue weighted by Gasteiger charge is -2.15. The second kappa shape index (κ2) is 9.83. The van der Waals surface area contributed by atoms with Gasteiger partial charge in [-0.15, -0.1) is 0 Å². The van der Waals surface area contributed by atoms with E-state index in [-0.39, 0.29) is 19.3 Å². The monoisotopic (exact) mass is 357 g/mol. The number of ether oxygens (including phenoxy) is 3. The number of aliphatic hydroxyl groups is 1. The van der Waals surface area contributed by atoms with Crippen molar-refractivity contribution in [1.82, 2.24) is 9.55 Å². The minimum absolute atomic E-state index is 0.0644. The number of nitrogens with one attached hydrogen (secondary N) is 1. The molecule has 0 saturated carbocycles. The van der Waals surface area contributed by atoms with Crippen molar-refractivity contribution in [3.8, 4) is 0 Å². The lowest BCUT2D eigenvalue weighted by atomic mass is 10.1. The van der Waals surface area contributed by atoms with Gasteiger partial charge in [-0.1, -0.05) is 13.3 Å². The lowest BCUT2D eigenvalue weighted by molar-refractivity contribution is -0.0275. The maximum absolute atomic E-state index is 12.0. The third-order valence-corrected chi connectivity index (χ3v) is 4.09. The Bertz CT molecular complexity index is 643. The van der Waals surface area contributed by atoms with Crippen LogP contribution in [0.5, 0.6) is 0 Å². The molecule has 0 radical (unpaired) electrons. The number of unbranched alkanes of at least 4 members (excludes halogenated alkanes) is 1. The van der Waals surface area contributed by atoms with Crippen LogP contribution >= 0.6 is 0 Å². The van der Waals surface area contributed by atoms with Crippen LogP contribution in [0.1, 0.15) is 38.0 Å². The van der Waals surface area contributed by atoms with E-state index in [0.29, 0.717) is 31.8 Å². The first-order valence-electron chi connectivity index (χ1n) is 8.58. The zero-order chi connectivity index (χ0) is 18.2. The van der Waals surface area contributed by atoms with Crippen LogP contribution in [0.4, 0.5) is 0 Å². The number of nitrogens with zero attached hydrogens (tertiary/aromatic N) is 1. The van der Waals surface area contributed by atoms with Crippen LogP contribution in [0.2, 0.25) is 0 Å². The van der Waals surface area contributed by atoms with Crippen molar-refractivity contribution in [2.24, 2.45) is 5.73 Å². The number of aromatic nitrogens is 2. The van der Waals surface area contributed by atoms with Gasteiger partial charge >= 0.3 is 5.69 Å². The number of hydrogen-bond acceptors (Lipinski definition) is 7. The SMILES string of the molecule is CCCCOCCOCc1cn([C@H]2C[C@H](N)[C@@H](CO)O2)c(=O)[nH]c1=O. The van der Waals surface area contributed by atoms with Crippen LogP contribution in [0.25, 0.3) is 0 Å². The molecule has 2 rings (SSSR count). The molecule has 1 fully saturated rings. The Morgan fingerprint density at radius 1 is 1.36 bits per heavy atom. The summed E-state index contributed by atoms with van der Waals surface area (Å²) >= 11 is 0. The summed E-state index contributed by atoms with van der Waals surface area (Å²) in [6, 6.07) is -0.367. The Labute approximate surface area is 145 Å². The van der Waals surface area contributed by atoms with Gasteiger partial charge in [-0.3, -0.25) is 14.3 Å². The average Bonchev–Trinajstić information content (AvgIpc) is 2.96. The van der Waals surface area contributed by atoms with Crippen LogP contribution in [-0.4, -0.2) is 53.2 Å². The standard InChI is InChI=1S/C16H27N3O6/c1-2-3-4-23-5-6-24-10-11-8-19(16(22)18-15(11)21)14-7-12(17)13(9-20)25-14/h8,12-14,20H,2-7,9-10,17H2,1H3,(H,18,21,22)/t12-,13+,14+/m0/s1. The molecule has 25 heavy (non-hydrogen) atoms. The van der Waals surface area contributed by atoms with Crippen molar-refractivity contribution in [3.05, 3.63) is 32.6 Å². The molecule has 0 spiro atoms. The molecule has 0 unspecified atom stereocenters. The lowest BCUT2D eigenvalue weighted by Crippen LogP contribution is -2.34. The normalized spacial score (nSPS) is 23.2. The Hall–Kier alpha value is -1.52. The Morgan fingerprint density at radius 3 is 2.80 bits per heavy atom. The van der Waals surface area contributed by atoms with Crippen molar-refractivity contribution in [3.63, 3.8) is 0 Å². The fraction of sp³-hybridized carbons (Fsp3) is 0.750. The molecule has 9 nitrogen and oxygen atoms in total. The van der Waals surface area contributed by atoms with Gasteiger partial charge in [-0.25, -0.2) is 4.79 Å². The maximum atomic E-state index is 12.0. The van der Waals surface area contributed by atoms with Gasteiger partial charge in [0.2, 0.25) is 0 Å². The molecule has 3 atom stereocenters. The second-order valence-electron chi connectivity index (χ2n) is 6.05. The van der Waals surface area contributed by atoms with Gasteiger partial charge in [0.1, 0.15) is 6.23 Å².